The molecular formula is C56H90N4O14. The first-order valence-corrected chi connectivity index (χ1v) is 27.0. The molecule has 18 heteroatoms. The van der Waals surface area contributed by atoms with E-state index in [-0.39, 0.29) is 122 Å². The highest BCUT2D eigenvalue weighted by molar-refractivity contribution is 5.85. The summed E-state index contributed by atoms with van der Waals surface area (Å²) in [6.07, 6.45) is 17.2. The number of rotatable bonds is 45. The first kappa shape index (κ1) is 65.1. The van der Waals surface area contributed by atoms with Crippen molar-refractivity contribution < 1.29 is 67.8 Å². The Hall–Kier alpha value is -4.98. The van der Waals surface area contributed by atoms with E-state index in [2.05, 4.69) is 21.3 Å². The van der Waals surface area contributed by atoms with E-state index < -0.39 is 23.6 Å². The molecule has 18 nitrogen and oxygen atoms in total. The van der Waals surface area contributed by atoms with Crippen LogP contribution in [0.4, 0.5) is 0 Å². The van der Waals surface area contributed by atoms with Gasteiger partial charge in [-0.05, 0) is 80.7 Å². The van der Waals surface area contributed by atoms with Gasteiger partial charge in [-0.15, -0.1) is 0 Å². The van der Waals surface area contributed by atoms with Gasteiger partial charge in [-0.1, -0.05) is 120 Å². The van der Waals surface area contributed by atoms with Gasteiger partial charge in [0.15, 0.2) is 0 Å². The lowest BCUT2D eigenvalue weighted by Gasteiger charge is -2.24. The molecule has 0 radical (unpaired) electrons. The maximum atomic E-state index is 12.9. The van der Waals surface area contributed by atoms with Gasteiger partial charge in [0, 0.05) is 38.9 Å². The van der Waals surface area contributed by atoms with E-state index in [9.17, 15) is 39.0 Å². The van der Waals surface area contributed by atoms with Crippen molar-refractivity contribution in [1.29, 1.82) is 0 Å². The van der Waals surface area contributed by atoms with E-state index in [0.29, 0.717) is 25.8 Å². The van der Waals surface area contributed by atoms with Crippen molar-refractivity contribution >= 4 is 35.6 Å². The van der Waals surface area contributed by atoms with Crippen molar-refractivity contribution in [3.8, 4) is 11.1 Å². The molecule has 0 aliphatic carbocycles. The first-order chi connectivity index (χ1) is 35.7. The van der Waals surface area contributed by atoms with Crippen LogP contribution in [0.15, 0.2) is 42.5 Å². The number of ether oxygens (including phenoxy) is 5. The minimum atomic E-state index is -0.943. The normalized spacial score (nSPS) is 11.7. The molecule has 0 saturated heterocycles. The molecule has 418 valence electrons. The molecule has 1 atom stereocenters. The Labute approximate surface area is 440 Å². The Kier molecular flexibility index (Phi) is 36.3. The molecule has 0 saturated carbocycles. The Bertz CT molecular complexity index is 1870. The number of aliphatic hydroxyl groups is 2. The number of benzene rings is 2. The van der Waals surface area contributed by atoms with Crippen molar-refractivity contribution in [3.63, 3.8) is 0 Å². The highest BCUT2D eigenvalue weighted by atomic mass is 16.6. The number of carbonyl (C=O) groups excluding carboxylic acids is 5. The van der Waals surface area contributed by atoms with Gasteiger partial charge in [-0.2, -0.15) is 0 Å². The summed E-state index contributed by atoms with van der Waals surface area (Å²) >= 11 is 0. The van der Waals surface area contributed by atoms with Gasteiger partial charge >= 0.3 is 11.9 Å². The van der Waals surface area contributed by atoms with Gasteiger partial charge in [-0.25, -0.2) is 4.79 Å². The summed E-state index contributed by atoms with van der Waals surface area (Å²) in [7, 11) is 0. The molecule has 4 amide bonds. The number of hydrogen-bond donors (Lipinski definition) is 7. The van der Waals surface area contributed by atoms with E-state index in [0.717, 1.165) is 72.8 Å². The molecule has 0 aliphatic heterocycles. The summed E-state index contributed by atoms with van der Waals surface area (Å²) in [5.74, 6) is -2.38. The zero-order chi connectivity index (χ0) is 54.1. The second kappa shape index (κ2) is 41.3. The summed E-state index contributed by atoms with van der Waals surface area (Å²) in [5.41, 5.74) is 3.97. The summed E-state index contributed by atoms with van der Waals surface area (Å²) in [4.78, 5) is 73.2. The number of unbranched alkanes of at least 4 members (excludes halogenated alkanes) is 13. The fraction of sp³-hybridized carbons (Fsp3) is 0.679. The van der Waals surface area contributed by atoms with Crippen molar-refractivity contribution in [3.05, 3.63) is 59.2 Å². The zero-order valence-corrected chi connectivity index (χ0v) is 44.8. The van der Waals surface area contributed by atoms with E-state index in [1.807, 2.05) is 42.5 Å². The van der Waals surface area contributed by atoms with Gasteiger partial charge in [0.25, 0.3) is 0 Å². The van der Waals surface area contributed by atoms with Crippen LogP contribution in [-0.2, 0) is 72.1 Å². The molecule has 2 rings (SSSR count). The molecule has 0 spiro atoms. The van der Waals surface area contributed by atoms with Crippen molar-refractivity contribution in [2.24, 2.45) is 0 Å². The van der Waals surface area contributed by atoms with Crippen LogP contribution in [0.3, 0.4) is 0 Å². The van der Waals surface area contributed by atoms with Crippen molar-refractivity contribution in [1.82, 2.24) is 21.3 Å². The smallest absolute Gasteiger partial charge is 0.329 e. The third-order valence-corrected chi connectivity index (χ3v) is 11.9. The molecule has 2 aromatic carbocycles. The quantitative estimate of drug-likeness (QED) is 0.0272. The highest BCUT2D eigenvalue weighted by Gasteiger charge is 2.27. The minimum Gasteiger partial charge on any atom is -0.481 e. The van der Waals surface area contributed by atoms with E-state index in [4.69, 9.17) is 28.8 Å². The first-order valence-electron chi connectivity index (χ1n) is 27.0. The van der Waals surface area contributed by atoms with E-state index in [1.165, 1.54) is 44.9 Å². The number of carbonyl (C=O) groups is 6. The van der Waals surface area contributed by atoms with Crippen LogP contribution in [-0.4, -0.2) is 135 Å². The van der Waals surface area contributed by atoms with E-state index in [1.54, 1.807) is 20.8 Å². The molecule has 0 bridgehead atoms. The summed E-state index contributed by atoms with van der Waals surface area (Å²) < 4.78 is 27.2. The van der Waals surface area contributed by atoms with Crippen LogP contribution in [0.5, 0.6) is 0 Å². The molecule has 74 heavy (non-hydrogen) atoms. The topological polar surface area (TPSA) is 257 Å². The minimum absolute atomic E-state index is 0.00701. The fourth-order valence-electron chi connectivity index (χ4n) is 7.83. The standard InChI is InChI=1S/C56H90N4O14/c1-56(2,3)74-55(69)49(60-51(64)20-16-14-12-10-8-6-4-5-7-9-11-13-15-17-21-54(67)68)28-29-50(63)58-31-33-70-35-38-73-43-53(66)59-32-34-71-36-37-72-42-52(65)57-30-18-19-46-39-47(26-27-48(46)41-62)45-24-22-44(40-61)23-25-45/h22-27,39,49,61-62H,4-21,28-38,40-43H2,1-3H3,(H,57,65)(H,58,63)(H,59,66)(H,60,64)(H,67,68). The Morgan fingerprint density at radius 1 is 0.500 bits per heavy atom. The predicted molar refractivity (Wildman–Crippen MR) is 283 cm³/mol. The molecule has 0 fully saturated rings. The van der Waals surface area contributed by atoms with Crippen molar-refractivity contribution in [2.45, 2.75) is 174 Å². The monoisotopic (exact) mass is 1040 g/mol. The molecule has 0 aromatic heterocycles. The third-order valence-electron chi connectivity index (χ3n) is 11.9. The lowest BCUT2D eigenvalue weighted by Crippen LogP contribution is -2.44. The Balaban J connectivity index is 1.44. The van der Waals surface area contributed by atoms with E-state index >= 15 is 0 Å². The van der Waals surface area contributed by atoms with Crippen LogP contribution in [0.25, 0.3) is 11.1 Å². The Morgan fingerprint density at radius 2 is 0.986 bits per heavy atom. The van der Waals surface area contributed by atoms with Crippen LogP contribution in [0.2, 0.25) is 0 Å². The summed E-state index contributed by atoms with van der Waals surface area (Å²) in [6.45, 7) is 7.16. The third kappa shape index (κ3) is 34.5. The zero-order valence-electron chi connectivity index (χ0n) is 44.8. The number of esters is 1. The molecule has 0 aliphatic rings. The maximum absolute atomic E-state index is 12.9. The average Bonchev–Trinajstić information content (AvgIpc) is 3.37. The largest absolute Gasteiger partial charge is 0.481 e. The number of aliphatic hydroxyl groups excluding tert-OH is 2. The lowest BCUT2D eigenvalue weighted by atomic mass is 9.96. The van der Waals surface area contributed by atoms with Crippen LogP contribution in [0.1, 0.15) is 159 Å². The SMILES string of the molecule is CC(C)(C)OC(=O)C(CCC(=O)NCCOCCOCC(=O)NCCOCCOCC(=O)NCCCc1cc(-c2ccc(CO)cc2)ccc1CO)NC(=O)CCCCCCCCCCCCCCCCC(=O)O. The number of aryl methyl sites for hydroxylation is 1. The number of hydrogen-bond acceptors (Lipinski definition) is 13. The number of carboxylic acids is 1. The van der Waals surface area contributed by atoms with Crippen LogP contribution < -0.4 is 21.3 Å². The number of nitrogens with one attached hydrogen (secondary N) is 4. The van der Waals surface area contributed by atoms with Gasteiger partial charge in [0.1, 0.15) is 24.9 Å². The van der Waals surface area contributed by atoms with Crippen LogP contribution in [0, 0.1) is 0 Å². The van der Waals surface area contributed by atoms with Gasteiger partial charge < -0.3 is 60.3 Å². The second-order valence-electron chi connectivity index (χ2n) is 19.5. The predicted octanol–water partition coefficient (Wildman–Crippen LogP) is 6.62. The van der Waals surface area contributed by atoms with Crippen molar-refractivity contribution in [2.75, 3.05) is 72.5 Å². The van der Waals surface area contributed by atoms with Gasteiger partial charge in [0.2, 0.25) is 23.6 Å². The lowest BCUT2D eigenvalue weighted by molar-refractivity contribution is -0.159. The average molecular weight is 1040 g/mol. The second-order valence-corrected chi connectivity index (χ2v) is 19.5. The fourth-order valence-corrected chi connectivity index (χ4v) is 7.83. The number of aliphatic carboxylic acids is 1. The Morgan fingerprint density at radius 3 is 1.50 bits per heavy atom. The molecule has 7 N–H and O–H groups in total. The molecule has 2 aromatic rings. The highest BCUT2D eigenvalue weighted by Crippen LogP contribution is 2.24. The van der Waals surface area contributed by atoms with Gasteiger partial charge in [0.05, 0.1) is 52.9 Å². The van der Waals surface area contributed by atoms with Crippen LogP contribution >= 0.6 is 0 Å². The van der Waals surface area contributed by atoms with Gasteiger partial charge in [-0.3, -0.25) is 24.0 Å². The molecule has 0 heterocycles. The summed E-state index contributed by atoms with van der Waals surface area (Å²) in [5, 5.41) is 38.9. The maximum Gasteiger partial charge on any atom is 0.329 e. The number of carboxylic acid groups (broad SMARTS) is 1. The number of amides is 4. The summed E-state index contributed by atoms with van der Waals surface area (Å²) in [6, 6.07) is 12.7. The molecule has 1 unspecified atom stereocenters. The molecular weight excluding hydrogens is 953 g/mol.